The van der Waals surface area contributed by atoms with Gasteiger partial charge >= 0.3 is 0 Å². The Balaban J connectivity index is 1.82. The molecule has 1 saturated carbocycles. The van der Waals surface area contributed by atoms with E-state index in [9.17, 15) is 8.42 Å². The van der Waals surface area contributed by atoms with E-state index in [2.05, 4.69) is 11.6 Å². The van der Waals surface area contributed by atoms with Gasteiger partial charge in [-0.2, -0.15) is 0 Å². The average Bonchev–Trinajstić information content (AvgIpc) is 2.76. The van der Waals surface area contributed by atoms with Gasteiger partial charge in [0, 0.05) is 17.6 Å². The zero-order valence-corrected chi connectivity index (χ0v) is 12.9. The van der Waals surface area contributed by atoms with Crippen LogP contribution in [0.5, 0.6) is 0 Å². The van der Waals surface area contributed by atoms with E-state index in [0.717, 1.165) is 12.3 Å². The second kappa shape index (κ2) is 6.24. The predicted molar refractivity (Wildman–Crippen MR) is 79.7 cm³/mol. The van der Waals surface area contributed by atoms with Crippen LogP contribution in [0.15, 0.2) is 15.7 Å². The Hall–Kier alpha value is -0.590. The maximum atomic E-state index is 12.0. The van der Waals surface area contributed by atoms with Gasteiger partial charge in [-0.1, -0.05) is 26.2 Å². The molecule has 0 spiro atoms. The lowest BCUT2D eigenvalue weighted by Crippen LogP contribution is -2.26. The SMILES string of the molecule is CC1CCCC(CCNS(=O)(=O)c2cc(N)cs2)C1. The highest BCUT2D eigenvalue weighted by Gasteiger charge is 2.20. The molecule has 19 heavy (non-hydrogen) atoms. The van der Waals surface area contributed by atoms with Gasteiger partial charge in [0.2, 0.25) is 10.0 Å². The molecule has 1 aromatic rings. The van der Waals surface area contributed by atoms with E-state index in [1.165, 1.54) is 43.1 Å². The van der Waals surface area contributed by atoms with E-state index < -0.39 is 10.0 Å². The first-order valence-corrected chi connectivity index (χ1v) is 9.17. The molecule has 6 heteroatoms. The van der Waals surface area contributed by atoms with E-state index in [4.69, 9.17) is 5.73 Å². The predicted octanol–water partition coefficient (Wildman–Crippen LogP) is 2.83. The van der Waals surface area contributed by atoms with Crippen LogP contribution in [0.1, 0.15) is 39.0 Å². The minimum atomic E-state index is -3.37. The van der Waals surface area contributed by atoms with Crippen LogP contribution in [0.4, 0.5) is 5.69 Å². The highest BCUT2D eigenvalue weighted by molar-refractivity contribution is 7.91. The van der Waals surface area contributed by atoms with E-state index >= 15 is 0 Å². The number of rotatable bonds is 5. The van der Waals surface area contributed by atoms with Crippen molar-refractivity contribution < 1.29 is 8.42 Å². The quantitative estimate of drug-likeness (QED) is 0.878. The lowest BCUT2D eigenvalue weighted by atomic mass is 9.81. The summed E-state index contributed by atoms with van der Waals surface area (Å²) in [5.74, 6) is 1.45. The molecule has 1 aliphatic rings. The molecular weight excluding hydrogens is 280 g/mol. The van der Waals surface area contributed by atoms with E-state index in [1.807, 2.05) is 0 Å². The first kappa shape index (κ1) is 14.8. The van der Waals surface area contributed by atoms with Gasteiger partial charge in [-0.05, 0) is 30.7 Å². The number of sulfonamides is 1. The van der Waals surface area contributed by atoms with Crippen molar-refractivity contribution in [1.29, 1.82) is 0 Å². The standard InChI is InChI=1S/C13H22N2O2S2/c1-10-3-2-4-11(7-10)5-6-15-19(16,17)13-8-12(14)9-18-13/h8-11,15H,2-7,14H2,1H3. The van der Waals surface area contributed by atoms with Crippen LogP contribution in [-0.2, 0) is 10.0 Å². The van der Waals surface area contributed by atoms with Crippen molar-refractivity contribution in [2.45, 2.75) is 43.2 Å². The molecule has 2 unspecified atom stereocenters. The summed E-state index contributed by atoms with van der Waals surface area (Å²) < 4.78 is 27.0. The number of hydrogen-bond donors (Lipinski definition) is 2. The molecule has 0 aromatic carbocycles. The van der Waals surface area contributed by atoms with Gasteiger partial charge < -0.3 is 5.73 Å². The number of nitrogen functional groups attached to an aromatic ring is 1. The number of nitrogens with one attached hydrogen (secondary N) is 1. The number of hydrogen-bond acceptors (Lipinski definition) is 4. The largest absolute Gasteiger partial charge is 0.398 e. The normalized spacial score (nSPS) is 24.5. The summed E-state index contributed by atoms with van der Waals surface area (Å²) in [6.07, 6.45) is 5.99. The topological polar surface area (TPSA) is 72.2 Å². The average molecular weight is 302 g/mol. The van der Waals surface area contributed by atoms with Crippen LogP contribution in [0, 0.1) is 11.8 Å². The lowest BCUT2D eigenvalue weighted by Gasteiger charge is -2.26. The molecule has 4 nitrogen and oxygen atoms in total. The molecule has 108 valence electrons. The fourth-order valence-corrected chi connectivity index (χ4v) is 4.93. The smallest absolute Gasteiger partial charge is 0.250 e. The van der Waals surface area contributed by atoms with Crippen LogP contribution >= 0.6 is 11.3 Å². The Morgan fingerprint density at radius 2 is 2.26 bits per heavy atom. The van der Waals surface area contributed by atoms with Crippen molar-refractivity contribution in [3.05, 3.63) is 11.4 Å². The van der Waals surface area contributed by atoms with Crippen LogP contribution in [0.3, 0.4) is 0 Å². The third-order valence-corrected chi connectivity index (χ3v) is 6.67. The van der Waals surface area contributed by atoms with Crippen LogP contribution in [-0.4, -0.2) is 15.0 Å². The summed E-state index contributed by atoms with van der Waals surface area (Å²) in [5.41, 5.74) is 6.06. The summed E-state index contributed by atoms with van der Waals surface area (Å²) in [6.45, 7) is 2.81. The number of nitrogens with two attached hydrogens (primary N) is 1. The minimum absolute atomic E-state index is 0.307. The summed E-state index contributed by atoms with van der Waals surface area (Å²) in [6, 6.07) is 1.51. The third-order valence-electron chi connectivity index (χ3n) is 3.75. The molecule has 0 amide bonds. The Kier molecular flexibility index (Phi) is 4.86. The fraction of sp³-hybridized carbons (Fsp3) is 0.692. The molecule has 0 saturated heterocycles. The van der Waals surface area contributed by atoms with Gasteiger partial charge in [-0.15, -0.1) is 11.3 Å². The van der Waals surface area contributed by atoms with E-state index in [-0.39, 0.29) is 0 Å². The minimum Gasteiger partial charge on any atom is -0.398 e. The summed E-state index contributed by atoms with van der Waals surface area (Å²) in [7, 11) is -3.37. The van der Waals surface area contributed by atoms with Crippen LogP contribution < -0.4 is 10.5 Å². The Morgan fingerprint density at radius 3 is 2.89 bits per heavy atom. The van der Waals surface area contributed by atoms with Gasteiger partial charge in [0.25, 0.3) is 0 Å². The Labute approximate surface area is 119 Å². The zero-order valence-electron chi connectivity index (χ0n) is 11.3. The van der Waals surface area contributed by atoms with Crippen LogP contribution in [0.2, 0.25) is 0 Å². The zero-order chi connectivity index (χ0) is 13.9. The molecule has 0 radical (unpaired) electrons. The molecule has 1 heterocycles. The van der Waals surface area contributed by atoms with Crippen molar-refractivity contribution in [2.24, 2.45) is 11.8 Å². The molecule has 2 rings (SSSR count). The molecule has 1 fully saturated rings. The second-order valence-corrected chi connectivity index (χ2v) is 8.43. The monoisotopic (exact) mass is 302 g/mol. The summed E-state index contributed by atoms with van der Waals surface area (Å²) in [4.78, 5) is 0. The van der Waals surface area contributed by atoms with Crippen molar-refractivity contribution in [2.75, 3.05) is 12.3 Å². The maximum Gasteiger partial charge on any atom is 0.250 e. The highest BCUT2D eigenvalue weighted by Crippen LogP contribution is 2.30. The van der Waals surface area contributed by atoms with Gasteiger partial charge in [0.05, 0.1) is 0 Å². The fourth-order valence-electron chi connectivity index (χ4n) is 2.76. The lowest BCUT2D eigenvalue weighted by molar-refractivity contribution is 0.271. The van der Waals surface area contributed by atoms with Crippen molar-refractivity contribution in [3.63, 3.8) is 0 Å². The number of anilines is 1. The van der Waals surface area contributed by atoms with Gasteiger partial charge in [0.1, 0.15) is 4.21 Å². The second-order valence-electron chi connectivity index (χ2n) is 5.52. The maximum absolute atomic E-state index is 12.0. The summed E-state index contributed by atoms with van der Waals surface area (Å²) in [5, 5.41) is 1.65. The van der Waals surface area contributed by atoms with Crippen LogP contribution in [0.25, 0.3) is 0 Å². The molecular formula is C13H22N2O2S2. The molecule has 0 aliphatic heterocycles. The van der Waals surface area contributed by atoms with Gasteiger partial charge in [-0.3, -0.25) is 0 Å². The Morgan fingerprint density at radius 1 is 1.47 bits per heavy atom. The molecule has 3 N–H and O–H groups in total. The van der Waals surface area contributed by atoms with Crippen molar-refractivity contribution >= 4 is 27.0 Å². The first-order valence-electron chi connectivity index (χ1n) is 6.81. The number of thiophene rings is 1. The molecule has 1 aliphatic carbocycles. The molecule has 0 bridgehead atoms. The van der Waals surface area contributed by atoms with E-state index in [0.29, 0.717) is 22.4 Å². The first-order chi connectivity index (χ1) is 8.97. The third kappa shape index (κ3) is 4.19. The van der Waals surface area contributed by atoms with Gasteiger partial charge in [-0.25, -0.2) is 13.1 Å². The highest BCUT2D eigenvalue weighted by atomic mass is 32.2. The van der Waals surface area contributed by atoms with Gasteiger partial charge in [0.15, 0.2) is 0 Å². The van der Waals surface area contributed by atoms with Crippen molar-refractivity contribution in [1.82, 2.24) is 4.72 Å². The van der Waals surface area contributed by atoms with Crippen molar-refractivity contribution in [3.8, 4) is 0 Å². The van der Waals surface area contributed by atoms with E-state index in [1.54, 1.807) is 5.38 Å². The Bertz CT molecular complexity index is 510. The summed E-state index contributed by atoms with van der Waals surface area (Å²) >= 11 is 1.17. The molecule has 2 atom stereocenters. The molecule has 1 aromatic heterocycles.